The summed E-state index contributed by atoms with van der Waals surface area (Å²) in [5, 5.41) is 5.74. The number of anilines is 1. The molecule has 0 spiro atoms. The van der Waals surface area contributed by atoms with E-state index in [-0.39, 0.29) is 17.5 Å². The van der Waals surface area contributed by atoms with Gasteiger partial charge in [0, 0.05) is 29.7 Å². The molecule has 4 heterocycles. The molecule has 0 amide bonds. The molecular formula is C23H25N5O2S2. The van der Waals surface area contributed by atoms with Crippen LogP contribution < -0.4 is 4.90 Å². The van der Waals surface area contributed by atoms with Crippen molar-refractivity contribution >= 4 is 37.2 Å². The summed E-state index contributed by atoms with van der Waals surface area (Å²) in [5.74, 6) is 1.29. The van der Waals surface area contributed by atoms with Crippen LogP contribution in [0.1, 0.15) is 29.4 Å². The Balaban J connectivity index is 1.46. The van der Waals surface area contributed by atoms with Gasteiger partial charge in [0.15, 0.2) is 9.84 Å². The van der Waals surface area contributed by atoms with Gasteiger partial charge in [-0.15, -0.1) is 11.3 Å². The summed E-state index contributed by atoms with van der Waals surface area (Å²) >= 11 is 1.66. The number of fused-ring (bicyclic) bond motifs is 1. The second-order valence-corrected chi connectivity index (χ2v) is 11.7. The van der Waals surface area contributed by atoms with Gasteiger partial charge in [-0.2, -0.15) is 5.10 Å². The quantitative estimate of drug-likeness (QED) is 0.438. The normalized spacial score (nSPS) is 17.8. The van der Waals surface area contributed by atoms with Gasteiger partial charge in [-0.1, -0.05) is 30.3 Å². The van der Waals surface area contributed by atoms with Crippen LogP contribution in [-0.4, -0.2) is 46.7 Å². The van der Waals surface area contributed by atoms with Crippen LogP contribution in [-0.2, 0) is 16.4 Å². The molecule has 166 valence electrons. The predicted molar refractivity (Wildman–Crippen MR) is 129 cm³/mol. The lowest BCUT2D eigenvalue weighted by molar-refractivity contribution is 0.485. The van der Waals surface area contributed by atoms with Crippen LogP contribution in [0.3, 0.4) is 0 Å². The largest absolute Gasteiger partial charge is 0.355 e. The van der Waals surface area contributed by atoms with Gasteiger partial charge < -0.3 is 4.90 Å². The summed E-state index contributed by atoms with van der Waals surface area (Å²) < 4.78 is 25.8. The van der Waals surface area contributed by atoms with Gasteiger partial charge in [-0.25, -0.2) is 18.4 Å². The first-order valence-corrected chi connectivity index (χ1v) is 13.2. The van der Waals surface area contributed by atoms with Gasteiger partial charge in [-0.05, 0) is 31.9 Å². The van der Waals surface area contributed by atoms with Gasteiger partial charge in [0.25, 0.3) is 0 Å². The highest BCUT2D eigenvalue weighted by molar-refractivity contribution is 7.91. The number of rotatable bonds is 5. The predicted octanol–water partition coefficient (Wildman–Crippen LogP) is 4.17. The van der Waals surface area contributed by atoms with Gasteiger partial charge >= 0.3 is 0 Å². The number of hydrogen-bond donors (Lipinski definition) is 0. The molecule has 4 aromatic rings. The van der Waals surface area contributed by atoms with Crippen LogP contribution in [0.5, 0.6) is 0 Å². The zero-order valence-electron chi connectivity index (χ0n) is 18.3. The van der Waals surface area contributed by atoms with E-state index in [0.717, 1.165) is 33.0 Å². The van der Waals surface area contributed by atoms with Crippen molar-refractivity contribution < 1.29 is 8.42 Å². The van der Waals surface area contributed by atoms with Gasteiger partial charge in [0.2, 0.25) is 0 Å². The molecule has 0 saturated carbocycles. The Kier molecular flexibility index (Phi) is 5.25. The van der Waals surface area contributed by atoms with Gasteiger partial charge in [0.05, 0.1) is 28.6 Å². The van der Waals surface area contributed by atoms with Crippen molar-refractivity contribution in [1.29, 1.82) is 0 Å². The Morgan fingerprint density at radius 2 is 1.97 bits per heavy atom. The molecule has 5 rings (SSSR count). The number of aromatic nitrogens is 4. The van der Waals surface area contributed by atoms with E-state index >= 15 is 0 Å². The Morgan fingerprint density at radius 3 is 2.69 bits per heavy atom. The lowest BCUT2D eigenvalue weighted by Crippen LogP contribution is -2.19. The fraction of sp³-hybridized carbons (Fsp3) is 0.348. The SMILES string of the molecule is Cc1nn([C@@H]2CCS(=O)(=O)C2)c(C)c1CN(C)c1ncnc2sc(-c3ccccc3)cc12. The smallest absolute Gasteiger partial charge is 0.152 e. The van der Waals surface area contributed by atoms with E-state index in [1.807, 2.05) is 43.8 Å². The monoisotopic (exact) mass is 467 g/mol. The van der Waals surface area contributed by atoms with Crippen LogP contribution in [0.2, 0.25) is 0 Å². The Morgan fingerprint density at radius 1 is 1.19 bits per heavy atom. The summed E-state index contributed by atoms with van der Waals surface area (Å²) in [4.78, 5) is 13.3. The maximum Gasteiger partial charge on any atom is 0.152 e. The highest BCUT2D eigenvalue weighted by Gasteiger charge is 2.31. The molecule has 0 radical (unpaired) electrons. The Bertz CT molecular complexity index is 1390. The first-order valence-electron chi connectivity index (χ1n) is 10.6. The fourth-order valence-corrected chi connectivity index (χ4v) is 7.14. The van der Waals surface area contributed by atoms with Crippen LogP contribution in [0.25, 0.3) is 20.7 Å². The van der Waals surface area contributed by atoms with Gasteiger partial charge in [-0.3, -0.25) is 4.68 Å². The van der Waals surface area contributed by atoms with Gasteiger partial charge in [0.1, 0.15) is 17.0 Å². The summed E-state index contributed by atoms with van der Waals surface area (Å²) in [6, 6.07) is 12.4. The van der Waals surface area contributed by atoms with E-state index in [4.69, 9.17) is 5.10 Å². The number of thiophene rings is 1. The zero-order valence-corrected chi connectivity index (χ0v) is 19.9. The first kappa shape index (κ1) is 21.1. The molecule has 32 heavy (non-hydrogen) atoms. The van der Waals surface area contributed by atoms with Crippen molar-refractivity contribution in [3.63, 3.8) is 0 Å². The van der Waals surface area contributed by atoms with E-state index in [1.54, 1.807) is 17.7 Å². The number of sulfone groups is 1. The molecule has 0 aliphatic carbocycles. The van der Waals surface area contributed by atoms with Crippen molar-refractivity contribution in [2.24, 2.45) is 0 Å². The third-order valence-corrected chi connectivity index (χ3v) is 9.00. The Labute approximate surface area is 191 Å². The topological polar surface area (TPSA) is 81.0 Å². The summed E-state index contributed by atoms with van der Waals surface area (Å²) in [6.45, 7) is 4.66. The summed E-state index contributed by atoms with van der Waals surface area (Å²) in [6.07, 6.45) is 2.25. The Hall–Kier alpha value is -2.78. The van der Waals surface area contributed by atoms with Crippen LogP contribution in [0, 0.1) is 13.8 Å². The second kappa shape index (κ2) is 7.97. The van der Waals surface area contributed by atoms with Crippen LogP contribution in [0.15, 0.2) is 42.7 Å². The zero-order chi connectivity index (χ0) is 22.5. The van der Waals surface area contributed by atoms with E-state index in [0.29, 0.717) is 13.0 Å². The molecule has 1 saturated heterocycles. The molecule has 0 bridgehead atoms. The molecule has 3 aromatic heterocycles. The summed E-state index contributed by atoms with van der Waals surface area (Å²) in [7, 11) is -0.936. The van der Waals surface area contributed by atoms with E-state index in [9.17, 15) is 8.42 Å². The molecule has 1 aliphatic rings. The second-order valence-electron chi connectivity index (χ2n) is 8.40. The molecule has 1 aromatic carbocycles. The number of hydrogen-bond acceptors (Lipinski definition) is 7. The lowest BCUT2D eigenvalue weighted by atomic mass is 10.1. The van der Waals surface area contributed by atoms with E-state index in [1.165, 1.54) is 10.4 Å². The van der Waals surface area contributed by atoms with Crippen LogP contribution in [0.4, 0.5) is 5.82 Å². The van der Waals surface area contributed by atoms with Crippen molar-refractivity contribution in [2.75, 3.05) is 23.5 Å². The molecule has 1 fully saturated rings. The maximum atomic E-state index is 11.9. The highest BCUT2D eigenvalue weighted by atomic mass is 32.2. The first-order chi connectivity index (χ1) is 15.3. The van der Waals surface area contributed by atoms with Crippen LogP contribution >= 0.6 is 11.3 Å². The van der Waals surface area contributed by atoms with Crippen molar-refractivity contribution in [2.45, 2.75) is 32.9 Å². The molecular weight excluding hydrogens is 442 g/mol. The molecule has 7 nitrogen and oxygen atoms in total. The maximum absolute atomic E-state index is 11.9. The molecule has 0 unspecified atom stereocenters. The van der Waals surface area contributed by atoms with Crippen molar-refractivity contribution in [1.82, 2.24) is 19.7 Å². The molecule has 0 N–H and O–H groups in total. The third kappa shape index (κ3) is 3.80. The standard InChI is InChI=1S/C23H25N5O2S2/c1-15-20(16(2)28(26-15)18-9-10-32(29,30)13-18)12-27(3)22-19-11-21(17-7-5-4-6-8-17)31-23(19)25-14-24-22/h4-8,11,14,18H,9-10,12-13H2,1-3H3/t18-/m1/s1. The number of nitrogens with zero attached hydrogens (tertiary/aromatic N) is 5. The highest BCUT2D eigenvalue weighted by Crippen LogP contribution is 2.36. The number of aryl methyl sites for hydroxylation is 1. The average Bonchev–Trinajstić information content (AvgIpc) is 3.45. The van der Waals surface area contributed by atoms with E-state index < -0.39 is 9.84 Å². The average molecular weight is 468 g/mol. The minimum atomic E-state index is -2.96. The molecule has 1 atom stereocenters. The fourth-order valence-electron chi connectivity index (χ4n) is 4.45. The van der Waals surface area contributed by atoms with Crippen molar-refractivity contribution in [3.05, 3.63) is 59.7 Å². The summed E-state index contributed by atoms with van der Waals surface area (Å²) in [5.41, 5.74) is 4.24. The third-order valence-electron chi connectivity index (χ3n) is 6.15. The van der Waals surface area contributed by atoms with E-state index in [2.05, 4.69) is 33.1 Å². The molecule has 9 heteroatoms. The minimum absolute atomic E-state index is 0.0752. The van der Waals surface area contributed by atoms with Crippen molar-refractivity contribution in [3.8, 4) is 10.4 Å². The minimum Gasteiger partial charge on any atom is -0.355 e. The lowest BCUT2D eigenvalue weighted by Gasteiger charge is -2.19. The molecule has 1 aliphatic heterocycles. The number of benzene rings is 1.